The summed E-state index contributed by atoms with van der Waals surface area (Å²) in [6.45, 7) is 2.28. The summed E-state index contributed by atoms with van der Waals surface area (Å²) in [5.74, 6) is 0.956. The van der Waals surface area contributed by atoms with Gasteiger partial charge in [-0.2, -0.15) is 0 Å². The van der Waals surface area contributed by atoms with Crippen LogP contribution >= 0.6 is 0 Å². The van der Waals surface area contributed by atoms with Crippen molar-refractivity contribution < 1.29 is 0 Å². The lowest BCUT2D eigenvalue weighted by atomic mass is 9.91. The van der Waals surface area contributed by atoms with Gasteiger partial charge in [-0.1, -0.05) is 152 Å². The highest BCUT2D eigenvalue weighted by Crippen LogP contribution is 2.46. The Balaban J connectivity index is 1.42. The molecule has 50 heavy (non-hydrogen) atoms. The van der Waals surface area contributed by atoms with E-state index in [1.807, 2.05) is 0 Å². The van der Waals surface area contributed by atoms with Crippen molar-refractivity contribution in [2.45, 2.75) is 6.92 Å². The zero-order chi connectivity index (χ0) is 32.9. The molecule has 0 saturated carbocycles. The van der Waals surface area contributed by atoms with E-state index in [4.69, 9.17) is 4.98 Å². The van der Waals surface area contributed by atoms with Gasteiger partial charge in [0.25, 0.3) is 0 Å². The number of pyridine rings is 1. The maximum atomic E-state index is 5.67. The van der Waals surface area contributed by atoms with E-state index in [0.717, 1.165) is 28.0 Å². The van der Waals surface area contributed by atoms with Crippen molar-refractivity contribution in [3.05, 3.63) is 169 Å². The number of rotatable bonds is 2. The Morgan fingerprint density at radius 1 is 0.400 bits per heavy atom. The van der Waals surface area contributed by atoms with Gasteiger partial charge in [-0.3, -0.25) is 4.57 Å². The fourth-order valence-electron chi connectivity index (χ4n) is 8.80. The third-order valence-corrected chi connectivity index (χ3v) is 10.9. The molecule has 0 aliphatic carbocycles. The minimum atomic E-state index is 0.956. The molecule has 0 radical (unpaired) electrons. The molecule has 11 aromatic rings. The first-order valence-corrected chi connectivity index (χ1v) is 17.3. The van der Waals surface area contributed by atoms with Crippen molar-refractivity contribution in [1.29, 1.82) is 0 Å². The second-order valence-corrected chi connectivity index (χ2v) is 13.5. The van der Waals surface area contributed by atoms with Crippen molar-refractivity contribution in [3.8, 4) is 16.9 Å². The fraction of sp³-hybridized carbons (Fsp3) is 0.0208. The van der Waals surface area contributed by atoms with E-state index < -0.39 is 0 Å². The van der Waals surface area contributed by atoms with Crippen LogP contribution in [0.2, 0.25) is 0 Å². The largest absolute Gasteiger partial charge is 0.293 e. The van der Waals surface area contributed by atoms with Gasteiger partial charge in [0.2, 0.25) is 0 Å². The predicted molar refractivity (Wildman–Crippen MR) is 214 cm³/mol. The van der Waals surface area contributed by atoms with Gasteiger partial charge in [-0.05, 0) is 73.3 Å². The average molecular weight is 635 g/mol. The van der Waals surface area contributed by atoms with Gasteiger partial charge in [0.05, 0.1) is 16.6 Å². The van der Waals surface area contributed by atoms with E-state index in [2.05, 4.69) is 175 Å². The van der Waals surface area contributed by atoms with Crippen LogP contribution in [0, 0.1) is 6.92 Å². The molecule has 0 fully saturated rings. The standard InChI is InChI=1S/C48H30N2/c1-29-43(32-15-3-2-4-16-32)48(49-41-27-24-30-13-5-7-17-33(30)44(29)41)50-42-28-26-39-37-21-10-9-19-35(37)36-20-11-12-22-38(36)45(39)46(42)40-25-23-31-14-6-8-18-34(31)47(40)50/h2-28H,1H3. The first-order valence-electron chi connectivity index (χ1n) is 17.3. The van der Waals surface area contributed by atoms with Crippen LogP contribution in [-0.4, -0.2) is 9.55 Å². The zero-order valence-electron chi connectivity index (χ0n) is 27.5. The molecule has 0 bridgehead atoms. The van der Waals surface area contributed by atoms with E-state index >= 15 is 0 Å². The second-order valence-electron chi connectivity index (χ2n) is 13.5. The number of fused-ring (bicyclic) bond motifs is 15. The van der Waals surface area contributed by atoms with Crippen molar-refractivity contribution in [1.82, 2.24) is 9.55 Å². The number of hydrogen-bond acceptors (Lipinski definition) is 1. The van der Waals surface area contributed by atoms with E-state index in [-0.39, 0.29) is 0 Å². The summed E-state index contributed by atoms with van der Waals surface area (Å²) in [5.41, 5.74) is 6.91. The smallest absolute Gasteiger partial charge is 0.146 e. The third-order valence-electron chi connectivity index (χ3n) is 10.9. The molecule has 11 rings (SSSR count). The van der Waals surface area contributed by atoms with Gasteiger partial charge < -0.3 is 0 Å². The maximum Gasteiger partial charge on any atom is 0.146 e. The summed E-state index contributed by atoms with van der Waals surface area (Å²) in [5, 5.41) is 16.3. The normalized spacial score (nSPS) is 12.1. The monoisotopic (exact) mass is 634 g/mol. The van der Waals surface area contributed by atoms with Gasteiger partial charge in [0.1, 0.15) is 5.82 Å². The molecule has 0 saturated heterocycles. The summed E-state index contributed by atoms with van der Waals surface area (Å²) in [7, 11) is 0. The average Bonchev–Trinajstić information content (AvgIpc) is 3.53. The first kappa shape index (κ1) is 27.4. The fourth-order valence-corrected chi connectivity index (χ4v) is 8.80. The zero-order valence-corrected chi connectivity index (χ0v) is 27.5. The van der Waals surface area contributed by atoms with Gasteiger partial charge in [0, 0.05) is 32.5 Å². The predicted octanol–water partition coefficient (Wildman–Crippen LogP) is 13.1. The van der Waals surface area contributed by atoms with E-state index in [1.54, 1.807) is 0 Å². The van der Waals surface area contributed by atoms with Crippen LogP contribution in [0.25, 0.3) is 104 Å². The Morgan fingerprint density at radius 2 is 0.940 bits per heavy atom. The highest BCUT2D eigenvalue weighted by atomic mass is 15.1. The molecular formula is C48H30N2. The molecule has 232 valence electrons. The molecule has 2 aromatic heterocycles. The second kappa shape index (κ2) is 10.2. The summed E-state index contributed by atoms with van der Waals surface area (Å²) >= 11 is 0. The first-order chi connectivity index (χ1) is 24.8. The van der Waals surface area contributed by atoms with Crippen LogP contribution in [-0.2, 0) is 0 Å². The minimum absolute atomic E-state index is 0.956. The van der Waals surface area contributed by atoms with Gasteiger partial charge in [-0.25, -0.2) is 4.98 Å². The summed E-state index contributed by atoms with van der Waals surface area (Å²) in [6.07, 6.45) is 0. The topological polar surface area (TPSA) is 17.8 Å². The van der Waals surface area contributed by atoms with Crippen molar-refractivity contribution in [2.24, 2.45) is 0 Å². The molecule has 0 spiro atoms. The lowest BCUT2D eigenvalue weighted by molar-refractivity contribution is 1.10. The Labute approximate surface area is 288 Å². The summed E-state index contributed by atoms with van der Waals surface area (Å²) < 4.78 is 2.47. The van der Waals surface area contributed by atoms with Crippen molar-refractivity contribution >= 4 is 86.6 Å². The molecule has 0 aliphatic heterocycles. The van der Waals surface area contributed by atoms with Crippen molar-refractivity contribution in [2.75, 3.05) is 0 Å². The molecule has 0 N–H and O–H groups in total. The van der Waals surface area contributed by atoms with Crippen LogP contribution in [0.3, 0.4) is 0 Å². The van der Waals surface area contributed by atoms with E-state index in [1.165, 1.54) is 81.1 Å². The highest BCUT2D eigenvalue weighted by molar-refractivity contribution is 6.36. The lowest BCUT2D eigenvalue weighted by Gasteiger charge is -2.19. The summed E-state index contributed by atoms with van der Waals surface area (Å²) in [6, 6.07) is 59.8. The Kier molecular flexibility index (Phi) is 5.62. The molecule has 0 aliphatic rings. The minimum Gasteiger partial charge on any atom is -0.293 e. The molecule has 0 unspecified atom stereocenters. The number of nitrogens with zero attached hydrogens (tertiary/aromatic N) is 2. The third kappa shape index (κ3) is 3.65. The molecule has 2 heterocycles. The number of aryl methyl sites for hydroxylation is 1. The number of hydrogen-bond donors (Lipinski definition) is 0. The SMILES string of the molecule is Cc1c(-c2ccccc2)c(-n2c3ccc4c5ccccc5c5ccccc5c4c3c3ccc4ccccc4c32)nc2ccc3ccccc3c12. The Hall–Kier alpha value is -6.51. The van der Waals surface area contributed by atoms with Crippen LogP contribution in [0.4, 0.5) is 0 Å². The Bertz CT molecular complexity index is 3170. The van der Waals surface area contributed by atoms with Crippen molar-refractivity contribution in [3.63, 3.8) is 0 Å². The number of aromatic nitrogens is 2. The van der Waals surface area contributed by atoms with E-state index in [9.17, 15) is 0 Å². The Morgan fingerprint density at radius 3 is 1.68 bits per heavy atom. The molecule has 2 heteroatoms. The van der Waals surface area contributed by atoms with Gasteiger partial charge >= 0.3 is 0 Å². The van der Waals surface area contributed by atoms with Crippen LogP contribution in [0.15, 0.2) is 164 Å². The number of benzene rings is 9. The van der Waals surface area contributed by atoms with Gasteiger partial charge in [-0.15, -0.1) is 0 Å². The van der Waals surface area contributed by atoms with Gasteiger partial charge in [0.15, 0.2) is 0 Å². The summed E-state index contributed by atoms with van der Waals surface area (Å²) in [4.78, 5) is 5.67. The molecule has 0 amide bonds. The molecular weight excluding hydrogens is 605 g/mol. The highest BCUT2D eigenvalue weighted by Gasteiger charge is 2.24. The quantitative estimate of drug-likeness (QED) is 0.173. The van der Waals surface area contributed by atoms with Crippen LogP contribution in [0.1, 0.15) is 5.56 Å². The molecule has 9 aromatic carbocycles. The lowest BCUT2D eigenvalue weighted by Crippen LogP contribution is -2.04. The molecule has 0 atom stereocenters. The van der Waals surface area contributed by atoms with E-state index in [0.29, 0.717) is 0 Å². The van der Waals surface area contributed by atoms with Crippen LogP contribution < -0.4 is 0 Å². The van der Waals surface area contributed by atoms with Crippen LogP contribution in [0.5, 0.6) is 0 Å². The molecule has 2 nitrogen and oxygen atoms in total. The maximum absolute atomic E-state index is 5.67.